The molecule has 0 aromatic carbocycles. The first-order valence-corrected chi connectivity index (χ1v) is 17.2. The number of aryl methyl sites for hydroxylation is 1. The van der Waals surface area contributed by atoms with Gasteiger partial charge in [-0.05, 0) is 107 Å². The zero-order chi connectivity index (χ0) is 34.9. The first kappa shape index (κ1) is 31.2. The number of aromatic amines is 2. The molecule has 0 amide bonds. The normalized spacial score (nSPS) is 12.0. The number of fused-ring (bicyclic) bond motifs is 8. The van der Waals surface area contributed by atoms with Crippen LogP contribution in [0.5, 0.6) is 0 Å². The summed E-state index contributed by atoms with van der Waals surface area (Å²) in [5.74, 6) is 0. The molecule has 0 saturated carbocycles. The maximum absolute atomic E-state index is 9.40. The Balaban J connectivity index is 1.43. The quantitative estimate of drug-likeness (QED) is 0.146. The van der Waals surface area contributed by atoms with E-state index in [0.29, 0.717) is 6.42 Å². The van der Waals surface area contributed by atoms with Crippen LogP contribution in [-0.4, -0.2) is 46.6 Å². The van der Waals surface area contributed by atoms with Gasteiger partial charge in [0.1, 0.15) is 0 Å². The highest BCUT2D eigenvalue weighted by Gasteiger charge is 2.19. The van der Waals surface area contributed by atoms with Gasteiger partial charge in [0, 0.05) is 107 Å². The Morgan fingerprint density at radius 2 is 0.769 bits per heavy atom. The van der Waals surface area contributed by atoms with Crippen molar-refractivity contribution in [1.82, 2.24) is 34.9 Å². The summed E-state index contributed by atoms with van der Waals surface area (Å²) in [4.78, 5) is 31.1. The van der Waals surface area contributed by atoms with E-state index in [9.17, 15) is 5.11 Å². The molecule has 0 atom stereocenters. The highest BCUT2D eigenvalue weighted by atomic mass is 16.3. The Bertz CT molecular complexity index is 2610. The molecule has 2 aliphatic rings. The van der Waals surface area contributed by atoms with Gasteiger partial charge in [-0.25, -0.2) is 14.5 Å². The minimum Gasteiger partial charge on any atom is -0.396 e. The van der Waals surface area contributed by atoms with E-state index in [4.69, 9.17) is 9.97 Å². The number of rotatable bonds is 7. The van der Waals surface area contributed by atoms with Gasteiger partial charge in [0.25, 0.3) is 0 Å². The summed E-state index contributed by atoms with van der Waals surface area (Å²) < 4.78 is 2.09. The third-order valence-corrected chi connectivity index (χ3v) is 9.42. The van der Waals surface area contributed by atoms with Crippen LogP contribution in [0.25, 0.3) is 90.9 Å². The molecule has 0 saturated heterocycles. The van der Waals surface area contributed by atoms with Gasteiger partial charge in [-0.15, -0.1) is 0 Å². The summed E-state index contributed by atoms with van der Waals surface area (Å²) >= 11 is 0. The number of aromatic nitrogens is 8. The number of hydrogen-bond acceptors (Lipinski definition) is 6. The molecule has 2 aliphatic heterocycles. The minimum atomic E-state index is 0.148. The molecular formula is C43H33N8O+. The Morgan fingerprint density at radius 1 is 0.442 bits per heavy atom. The van der Waals surface area contributed by atoms with Crippen molar-refractivity contribution >= 4 is 46.4 Å². The fourth-order valence-corrected chi connectivity index (χ4v) is 7.00. The molecule has 0 radical (unpaired) electrons. The highest BCUT2D eigenvalue weighted by molar-refractivity contribution is 5.99. The van der Waals surface area contributed by atoms with Crippen molar-refractivity contribution in [2.24, 2.45) is 0 Å². The molecule has 0 unspecified atom stereocenters. The lowest BCUT2D eigenvalue weighted by atomic mass is 10.0. The van der Waals surface area contributed by atoms with E-state index in [2.05, 4.69) is 103 Å². The van der Waals surface area contributed by atoms with Crippen LogP contribution in [0, 0.1) is 0 Å². The number of H-pyrrole nitrogens is 2. The van der Waals surface area contributed by atoms with E-state index in [1.54, 1.807) is 0 Å². The van der Waals surface area contributed by atoms with E-state index < -0.39 is 0 Å². The van der Waals surface area contributed by atoms with Gasteiger partial charge in [0.15, 0.2) is 18.9 Å². The molecule has 9 heteroatoms. The summed E-state index contributed by atoms with van der Waals surface area (Å²) in [7, 11) is 0. The number of hydrogen-bond donors (Lipinski definition) is 3. The lowest BCUT2D eigenvalue weighted by Crippen LogP contribution is -2.32. The predicted octanol–water partition coefficient (Wildman–Crippen LogP) is 8.18. The average Bonchev–Trinajstić information content (AvgIpc) is 4.04. The summed E-state index contributed by atoms with van der Waals surface area (Å²) in [5, 5.41) is 9.40. The zero-order valence-electron chi connectivity index (χ0n) is 28.1. The van der Waals surface area contributed by atoms with Crippen molar-refractivity contribution in [3.63, 3.8) is 0 Å². The standard InChI is InChI=1S/C43H32N8O/c52-27-1-24-51-25-16-31(17-26-51)43-38-8-6-36(49-38)41(29-12-20-45-21-13-29)34-4-2-32(47-34)40(28-10-18-44-19-11-28)33-3-5-35(48-33)42(30-14-22-46-23-15-30)37-7-9-39(43)50-37/h2-23,25-26,52H,1,24,27H2,(H,47,48,49,50)/p+1. The van der Waals surface area contributed by atoms with E-state index in [1.165, 1.54) is 0 Å². The number of aliphatic hydroxyl groups is 1. The van der Waals surface area contributed by atoms with E-state index in [1.807, 2.05) is 73.6 Å². The summed E-state index contributed by atoms with van der Waals surface area (Å²) in [5.41, 5.74) is 14.9. The summed E-state index contributed by atoms with van der Waals surface area (Å²) in [6, 6.07) is 24.8. The number of pyridine rings is 4. The molecule has 9 rings (SSSR count). The number of nitrogens with zero attached hydrogens (tertiary/aromatic N) is 6. The molecule has 3 N–H and O–H groups in total. The SMILES string of the molecule is OCCC[n+]1ccc(-c2c3nc(c(-c4ccncc4)c4ccc([nH]4)c(-c4ccncc4)c4nc(c(-c5ccncc5)c5ccc2[nH]5)C=C4)C=C3)cc1. The van der Waals surface area contributed by atoms with Gasteiger partial charge < -0.3 is 15.1 Å². The first-order chi connectivity index (χ1) is 25.7. The molecule has 0 spiro atoms. The molecule has 8 bridgehead atoms. The third-order valence-electron chi connectivity index (χ3n) is 9.42. The maximum atomic E-state index is 9.40. The smallest absolute Gasteiger partial charge is 0.169 e. The Morgan fingerprint density at radius 3 is 1.10 bits per heavy atom. The van der Waals surface area contributed by atoms with Crippen LogP contribution in [0.15, 0.2) is 122 Å². The third kappa shape index (κ3) is 5.78. The maximum Gasteiger partial charge on any atom is 0.169 e. The van der Waals surface area contributed by atoms with Crippen LogP contribution in [0.1, 0.15) is 29.2 Å². The van der Waals surface area contributed by atoms with Crippen LogP contribution in [0.4, 0.5) is 0 Å². The molecule has 52 heavy (non-hydrogen) atoms. The van der Waals surface area contributed by atoms with Gasteiger partial charge in [-0.3, -0.25) is 15.0 Å². The van der Waals surface area contributed by atoms with Gasteiger partial charge in [0.05, 0.1) is 22.8 Å². The molecule has 7 aromatic heterocycles. The lowest BCUT2D eigenvalue weighted by molar-refractivity contribution is -0.697. The molecule has 9 heterocycles. The van der Waals surface area contributed by atoms with Gasteiger partial charge >= 0.3 is 0 Å². The topological polar surface area (TPSA) is 120 Å². The Hall–Kier alpha value is -6.84. The van der Waals surface area contributed by atoms with Crippen molar-refractivity contribution in [2.45, 2.75) is 13.0 Å². The second-order valence-corrected chi connectivity index (χ2v) is 12.6. The Labute approximate surface area is 299 Å². The Kier molecular flexibility index (Phi) is 8.07. The molecule has 7 aromatic rings. The number of aliphatic hydroxyl groups excluding tert-OH is 1. The lowest BCUT2D eigenvalue weighted by Gasteiger charge is -2.06. The average molecular weight is 678 g/mol. The van der Waals surface area contributed by atoms with Crippen LogP contribution in [0.3, 0.4) is 0 Å². The largest absolute Gasteiger partial charge is 0.396 e. The molecule has 9 nitrogen and oxygen atoms in total. The minimum absolute atomic E-state index is 0.148. The van der Waals surface area contributed by atoms with Crippen LogP contribution < -0.4 is 4.57 Å². The van der Waals surface area contributed by atoms with Crippen molar-refractivity contribution in [1.29, 1.82) is 0 Å². The van der Waals surface area contributed by atoms with Crippen molar-refractivity contribution in [2.75, 3.05) is 6.61 Å². The monoisotopic (exact) mass is 677 g/mol. The highest BCUT2D eigenvalue weighted by Crippen LogP contribution is 2.38. The second-order valence-electron chi connectivity index (χ2n) is 12.6. The van der Waals surface area contributed by atoms with Crippen LogP contribution in [-0.2, 0) is 6.54 Å². The fraction of sp³-hybridized carbons (Fsp3) is 0.0698. The fourth-order valence-electron chi connectivity index (χ4n) is 7.00. The molecule has 0 fully saturated rings. The van der Waals surface area contributed by atoms with E-state index in [-0.39, 0.29) is 6.61 Å². The summed E-state index contributed by atoms with van der Waals surface area (Å²) in [6.07, 6.45) is 24.0. The van der Waals surface area contributed by atoms with Gasteiger partial charge in [-0.1, -0.05) is 0 Å². The van der Waals surface area contributed by atoms with E-state index in [0.717, 1.165) is 95.9 Å². The van der Waals surface area contributed by atoms with Gasteiger partial charge in [-0.2, -0.15) is 0 Å². The second kappa shape index (κ2) is 13.5. The zero-order valence-corrected chi connectivity index (χ0v) is 28.1. The first-order valence-electron chi connectivity index (χ1n) is 17.2. The van der Waals surface area contributed by atoms with E-state index >= 15 is 0 Å². The van der Waals surface area contributed by atoms with Crippen molar-refractivity contribution in [3.05, 3.63) is 145 Å². The molecular weight excluding hydrogens is 645 g/mol. The molecule has 250 valence electrons. The summed E-state index contributed by atoms with van der Waals surface area (Å²) in [6.45, 7) is 0.883. The predicted molar refractivity (Wildman–Crippen MR) is 206 cm³/mol. The van der Waals surface area contributed by atoms with Crippen molar-refractivity contribution in [3.8, 4) is 44.5 Å². The van der Waals surface area contributed by atoms with Crippen LogP contribution in [0.2, 0.25) is 0 Å². The van der Waals surface area contributed by atoms with Crippen molar-refractivity contribution < 1.29 is 9.67 Å². The van der Waals surface area contributed by atoms with Crippen LogP contribution >= 0.6 is 0 Å². The molecule has 0 aliphatic carbocycles. The van der Waals surface area contributed by atoms with Gasteiger partial charge in [0.2, 0.25) is 0 Å². The number of nitrogens with one attached hydrogen (secondary N) is 2.